The maximum atomic E-state index is 3.61. The summed E-state index contributed by atoms with van der Waals surface area (Å²) in [5.41, 5.74) is 0. The molecule has 0 bridgehead atoms. The first-order chi connectivity index (χ1) is 7.66. The van der Waals surface area contributed by atoms with E-state index in [-0.39, 0.29) is 0 Å². The average Bonchev–Trinajstić information content (AvgIpc) is 3.03. The minimum absolute atomic E-state index is 0.789. The maximum absolute atomic E-state index is 3.61. The number of piperidine rings is 1. The van der Waals surface area contributed by atoms with Gasteiger partial charge in [0.15, 0.2) is 0 Å². The molecule has 2 fully saturated rings. The zero-order chi connectivity index (χ0) is 11.5. The summed E-state index contributed by atoms with van der Waals surface area (Å²) >= 11 is 0. The fraction of sp³-hybridized carbons (Fsp3) is 1.00. The third-order valence-electron chi connectivity index (χ3n) is 4.35. The van der Waals surface area contributed by atoms with Crippen LogP contribution < -0.4 is 5.32 Å². The Kier molecular flexibility index (Phi) is 4.26. The van der Waals surface area contributed by atoms with Crippen LogP contribution in [0.5, 0.6) is 0 Å². The Bertz CT molecular complexity index is 213. The largest absolute Gasteiger partial charge is 0.314 e. The van der Waals surface area contributed by atoms with Crippen molar-refractivity contribution in [2.75, 3.05) is 19.6 Å². The molecule has 0 aromatic heterocycles. The standard InChI is InChI=1S/C14H28N2/c1-11-9-12(2)13(3)16(10-11)8-4-7-15-14-5-6-14/h11-15H,4-10H2,1-3H3. The van der Waals surface area contributed by atoms with Crippen LogP contribution in [0.4, 0.5) is 0 Å². The van der Waals surface area contributed by atoms with Gasteiger partial charge in [0.05, 0.1) is 0 Å². The fourth-order valence-corrected chi connectivity index (χ4v) is 3.00. The second-order valence-electron chi connectivity index (χ2n) is 6.14. The van der Waals surface area contributed by atoms with Gasteiger partial charge in [0.1, 0.15) is 0 Å². The molecule has 2 heteroatoms. The van der Waals surface area contributed by atoms with E-state index in [1.807, 2.05) is 0 Å². The molecule has 3 unspecified atom stereocenters. The SMILES string of the molecule is CC1CC(C)C(C)N(CCCNC2CC2)C1. The van der Waals surface area contributed by atoms with Gasteiger partial charge in [-0.05, 0) is 57.5 Å². The first-order valence-corrected chi connectivity index (χ1v) is 7.14. The zero-order valence-corrected chi connectivity index (χ0v) is 11.2. The van der Waals surface area contributed by atoms with Gasteiger partial charge in [-0.25, -0.2) is 0 Å². The minimum atomic E-state index is 0.789. The maximum Gasteiger partial charge on any atom is 0.00927 e. The van der Waals surface area contributed by atoms with Crippen LogP contribution in [0.2, 0.25) is 0 Å². The molecule has 0 radical (unpaired) electrons. The summed E-state index contributed by atoms with van der Waals surface area (Å²) in [6, 6.07) is 1.66. The highest BCUT2D eigenvalue weighted by Gasteiger charge is 2.28. The Morgan fingerprint density at radius 1 is 1.19 bits per heavy atom. The molecular weight excluding hydrogens is 196 g/mol. The molecule has 94 valence electrons. The Hall–Kier alpha value is -0.0800. The van der Waals surface area contributed by atoms with Crippen LogP contribution in [0.1, 0.15) is 46.5 Å². The second kappa shape index (κ2) is 5.50. The van der Waals surface area contributed by atoms with Crippen LogP contribution in [-0.4, -0.2) is 36.6 Å². The predicted molar refractivity (Wildman–Crippen MR) is 69.6 cm³/mol. The van der Waals surface area contributed by atoms with Crippen molar-refractivity contribution in [3.8, 4) is 0 Å². The molecule has 1 aliphatic heterocycles. The molecule has 1 heterocycles. The van der Waals surface area contributed by atoms with Gasteiger partial charge in [-0.15, -0.1) is 0 Å². The van der Waals surface area contributed by atoms with Crippen molar-refractivity contribution >= 4 is 0 Å². The summed E-state index contributed by atoms with van der Waals surface area (Å²) < 4.78 is 0. The quantitative estimate of drug-likeness (QED) is 0.722. The van der Waals surface area contributed by atoms with E-state index in [0.717, 1.165) is 23.9 Å². The Morgan fingerprint density at radius 3 is 2.62 bits per heavy atom. The van der Waals surface area contributed by atoms with Gasteiger partial charge < -0.3 is 10.2 Å². The van der Waals surface area contributed by atoms with Crippen LogP contribution >= 0.6 is 0 Å². The van der Waals surface area contributed by atoms with Crippen molar-refractivity contribution < 1.29 is 0 Å². The molecule has 2 aliphatic rings. The van der Waals surface area contributed by atoms with Crippen molar-refractivity contribution in [3.63, 3.8) is 0 Å². The van der Waals surface area contributed by atoms with E-state index in [9.17, 15) is 0 Å². The molecule has 1 N–H and O–H groups in total. The monoisotopic (exact) mass is 224 g/mol. The van der Waals surface area contributed by atoms with Gasteiger partial charge in [-0.3, -0.25) is 0 Å². The van der Waals surface area contributed by atoms with Gasteiger partial charge in [-0.1, -0.05) is 13.8 Å². The summed E-state index contributed by atoms with van der Waals surface area (Å²) in [6.45, 7) is 11.0. The Balaban J connectivity index is 1.65. The highest BCUT2D eigenvalue weighted by molar-refractivity contribution is 4.83. The third-order valence-corrected chi connectivity index (χ3v) is 4.35. The molecule has 0 aromatic carbocycles. The van der Waals surface area contributed by atoms with E-state index in [2.05, 4.69) is 31.0 Å². The molecule has 0 spiro atoms. The average molecular weight is 224 g/mol. The fourth-order valence-electron chi connectivity index (χ4n) is 3.00. The molecule has 0 amide bonds. The second-order valence-corrected chi connectivity index (χ2v) is 6.14. The Morgan fingerprint density at radius 2 is 1.94 bits per heavy atom. The number of hydrogen-bond acceptors (Lipinski definition) is 2. The summed E-state index contributed by atoms with van der Waals surface area (Å²) in [6.07, 6.45) is 5.56. The first-order valence-electron chi connectivity index (χ1n) is 7.14. The normalized spacial score (nSPS) is 36.6. The van der Waals surface area contributed by atoms with Crippen LogP contribution in [0.25, 0.3) is 0 Å². The molecule has 1 saturated carbocycles. The van der Waals surface area contributed by atoms with Crippen molar-refractivity contribution in [1.29, 1.82) is 0 Å². The molecule has 1 saturated heterocycles. The van der Waals surface area contributed by atoms with Crippen molar-refractivity contribution in [1.82, 2.24) is 10.2 Å². The number of rotatable bonds is 5. The lowest BCUT2D eigenvalue weighted by molar-refractivity contribution is 0.0788. The molecule has 16 heavy (non-hydrogen) atoms. The third kappa shape index (κ3) is 3.46. The minimum Gasteiger partial charge on any atom is -0.314 e. The molecule has 0 aromatic rings. The lowest BCUT2D eigenvalue weighted by atomic mass is 9.86. The van der Waals surface area contributed by atoms with Crippen LogP contribution in [0.15, 0.2) is 0 Å². The number of nitrogens with one attached hydrogen (secondary N) is 1. The van der Waals surface area contributed by atoms with Gasteiger partial charge in [0, 0.05) is 18.6 Å². The molecule has 3 atom stereocenters. The van der Waals surface area contributed by atoms with Gasteiger partial charge in [-0.2, -0.15) is 0 Å². The number of hydrogen-bond donors (Lipinski definition) is 1. The van der Waals surface area contributed by atoms with Crippen molar-refractivity contribution in [2.45, 2.75) is 58.5 Å². The highest BCUT2D eigenvalue weighted by atomic mass is 15.2. The van der Waals surface area contributed by atoms with E-state index in [0.29, 0.717) is 0 Å². The smallest absolute Gasteiger partial charge is 0.00927 e. The van der Waals surface area contributed by atoms with Crippen LogP contribution in [0, 0.1) is 11.8 Å². The predicted octanol–water partition coefficient (Wildman–Crippen LogP) is 2.49. The van der Waals surface area contributed by atoms with Crippen molar-refractivity contribution in [2.24, 2.45) is 11.8 Å². The summed E-state index contributed by atoms with van der Waals surface area (Å²) in [5.74, 6) is 1.77. The summed E-state index contributed by atoms with van der Waals surface area (Å²) in [5, 5.41) is 3.61. The van der Waals surface area contributed by atoms with E-state index in [4.69, 9.17) is 0 Å². The van der Waals surface area contributed by atoms with E-state index in [1.165, 1.54) is 45.3 Å². The van der Waals surface area contributed by atoms with E-state index < -0.39 is 0 Å². The van der Waals surface area contributed by atoms with E-state index >= 15 is 0 Å². The molecule has 2 nitrogen and oxygen atoms in total. The van der Waals surface area contributed by atoms with Crippen molar-refractivity contribution in [3.05, 3.63) is 0 Å². The summed E-state index contributed by atoms with van der Waals surface area (Å²) in [7, 11) is 0. The highest BCUT2D eigenvalue weighted by Crippen LogP contribution is 2.26. The van der Waals surface area contributed by atoms with E-state index in [1.54, 1.807) is 0 Å². The zero-order valence-electron chi connectivity index (χ0n) is 11.2. The molecule has 2 rings (SSSR count). The lowest BCUT2D eigenvalue weighted by Crippen LogP contribution is -2.46. The number of nitrogens with zero attached hydrogens (tertiary/aromatic N) is 1. The molecular formula is C14H28N2. The summed E-state index contributed by atoms with van der Waals surface area (Å²) in [4.78, 5) is 2.70. The van der Waals surface area contributed by atoms with Gasteiger partial charge in [0.25, 0.3) is 0 Å². The topological polar surface area (TPSA) is 15.3 Å². The molecule has 1 aliphatic carbocycles. The van der Waals surface area contributed by atoms with Crippen LogP contribution in [0.3, 0.4) is 0 Å². The van der Waals surface area contributed by atoms with Crippen LogP contribution in [-0.2, 0) is 0 Å². The lowest BCUT2D eigenvalue weighted by Gasteiger charge is -2.41. The number of likely N-dealkylation sites (tertiary alicyclic amines) is 1. The first kappa shape index (κ1) is 12.4. The van der Waals surface area contributed by atoms with Gasteiger partial charge in [0.2, 0.25) is 0 Å². The Labute approximate surface area is 101 Å². The van der Waals surface area contributed by atoms with Gasteiger partial charge >= 0.3 is 0 Å².